The standard InChI is InChI=1S/C16H30N4/c1-6-17-13-7-8-16(2,3)11-14(13)20(5)12-15-18-9-10-19(15)4/h9-10,13-14,17H,6-8,11-12H2,1-5H3. The predicted octanol–water partition coefficient (Wildman–Crippen LogP) is 2.41. The van der Waals surface area contributed by atoms with E-state index in [1.807, 2.05) is 12.4 Å². The molecule has 4 heteroatoms. The summed E-state index contributed by atoms with van der Waals surface area (Å²) in [6.07, 6.45) is 7.75. The zero-order chi connectivity index (χ0) is 14.8. The Morgan fingerprint density at radius 1 is 1.50 bits per heavy atom. The largest absolute Gasteiger partial charge is 0.337 e. The number of imidazole rings is 1. The van der Waals surface area contributed by atoms with Gasteiger partial charge in [0.05, 0.1) is 6.54 Å². The summed E-state index contributed by atoms with van der Waals surface area (Å²) in [4.78, 5) is 6.94. The van der Waals surface area contributed by atoms with Crippen LogP contribution in [0.3, 0.4) is 0 Å². The summed E-state index contributed by atoms with van der Waals surface area (Å²) in [6, 6.07) is 1.20. The Labute approximate surface area is 123 Å². The molecule has 2 unspecified atom stereocenters. The van der Waals surface area contributed by atoms with Crippen molar-refractivity contribution in [2.75, 3.05) is 13.6 Å². The number of hydrogen-bond acceptors (Lipinski definition) is 3. The van der Waals surface area contributed by atoms with Crippen LogP contribution in [0.2, 0.25) is 0 Å². The molecule has 0 spiro atoms. The van der Waals surface area contributed by atoms with Gasteiger partial charge in [0.25, 0.3) is 0 Å². The molecule has 0 amide bonds. The first-order chi connectivity index (χ1) is 9.43. The molecule has 1 saturated carbocycles. The van der Waals surface area contributed by atoms with E-state index >= 15 is 0 Å². The molecule has 20 heavy (non-hydrogen) atoms. The van der Waals surface area contributed by atoms with Crippen LogP contribution in [0.5, 0.6) is 0 Å². The van der Waals surface area contributed by atoms with Crippen molar-refractivity contribution in [1.82, 2.24) is 19.8 Å². The van der Waals surface area contributed by atoms with E-state index in [2.05, 4.69) is 54.6 Å². The van der Waals surface area contributed by atoms with Crippen molar-refractivity contribution >= 4 is 0 Å². The van der Waals surface area contributed by atoms with Crippen LogP contribution in [0.4, 0.5) is 0 Å². The highest BCUT2D eigenvalue weighted by Gasteiger charge is 2.36. The van der Waals surface area contributed by atoms with E-state index in [9.17, 15) is 0 Å². The zero-order valence-corrected chi connectivity index (χ0v) is 13.7. The normalized spacial score (nSPS) is 26.1. The minimum absolute atomic E-state index is 0.451. The Bertz CT molecular complexity index is 424. The number of rotatable bonds is 5. The number of nitrogens with one attached hydrogen (secondary N) is 1. The summed E-state index contributed by atoms with van der Waals surface area (Å²) in [6.45, 7) is 8.98. The van der Waals surface area contributed by atoms with Crippen LogP contribution in [-0.2, 0) is 13.6 Å². The van der Waals surface area contributed by atoms with Crippen LogP contribution < -0.4 is 5.32 Å². The highest BCUT2D eigenvalue weighted by atomic mass is 15.2. The molecule has 1 aliphatic carbocycles. The Balaban J connectivity index is 2.07. The second kappa shape index (κ2) is 6.27. The fourth-order valence-corrected chi connectivity index (χ4v) is 3.40. The smallest absolute Gasteiger partial charge is 0.122 e. The quantitative estimate of drug-likeness (QED) is 0.898. The van der Waals surface area contributed by atoms with Crippen LogP contribution in [0.25, 0.3) is 0 Å². The average Bonchev–Trinajstić information content (AvgIpc) is 2.77. The molecule has 1 heterocycles. The van der Waals surface area contributed by atoms with Crippen molar-refractivity contribution in [3.8, 4) is 0 Å². The maximum absolute atomic E-state index is 4.46. The Morgan fingerprint density at radius 3 is 2.85 bits per heavy atom. The van der Waals surface area contributed by atoms with E-state index in [1.165, 1.54) is 19.3 Å². The van der Waals surface area contributed by atoms with E-state index in [4.69, 9.17) is 0 Å². The van der Waals surface area contributed by atoms with Crippen LogP contribution >= 0.6 is 0 Å². The molecule has 114 valence electrons. The number of aromatic nitrogens is 2. The van der Waals surface area contributed by atoms with E-state index in [1.54, 1.807) is 0 Å². The van der Waals surface area contributed by atoms with Crippen molar-refractivity contribution in [3.63, 3.8) is 0 Å². The van der Waals surface area contributed by atoms with Gasteiger partial charge in [0.1, 0.15) is 5.82 Å². The molecule has 2 rings (SSSR count). The number of hydrogen-bond donors (Lipinski definition) is 1. The molecule has 4 nitrogen and oxygen atoms in total. The fraction of sp³-hybridized carbons (Fsp3) is 0.812. The van der Waals surface area contributed by atoms with Crippen LogP contribution in [0, 0.1) is 5.41 Å². The molecular formula is C16H30N4. The molecule has 0 bridgehead atoms. The molecule has 1 aliphatic rings. The van der Waals surface area contributed by atoms with Gasteiger partial charge in [-0.1, -0.05) is 20.8 Å². The lowest BCUT2D eigenvalue weighted by atomic mass is 9.72. The van der Waals surface area contributed by atoms with E-state index in [0.717, 1.165) is 18.9 Å². The van der Waals surface area contributed by atoms with Crippen molar-refractivity contribution in [2.45, 2.75) is 58.7 Å². The van der Waals surface area contributed by atoms with Crippen molar-refractivity contribution in [1.29, 1.82) is 0 Å². The van der Waals surface area contributed by atoms with Crippen molar-refractivity contribution in [2.24, 2.45) is 12.5 Å². The maximum Gasteiger partial charge on any atom is 0.122 e. The molecule has 0 saturated heterocycles. The van der Waals surface area contributed by atoms with E-state index in [0.29, 0.717) is 17.5 Å². The molecule has 1 N–H and O–H groups in total. The molecule has 2 atom stereocenters. The first-order valence-corrected chi connectivity index (χ1v) is 7.83. The van der Waals surface area contributed by atoms with E-state index in [-0.39, 0.29) is 0 Å². The average molecular weight is 278 g/mol. The van der Waals surface area contributed by atoms with Gasteiger partial charge in [-0.2, -0.15) is 0 Å². The van der Waals surface area contributed by atoms with Crippen molar-refractivity contribution < 1.29 is 0 Å². The van der Waals surface area contributed by atoms with Gasteiger partial charge >= 0.3 is 0 Å². The summed E-state index contributed by atoms with van der Waals surface area (Å²) in [5, 5.41) is 3.68. The van der Waals surface area contributed by atoms with Gasteiger partial charge in [-0.15, -0.1) is 0 Å². The molecule has 1 aromatic rings. The van der Waals surface area contributed by atoms with Gasteiger partial charge in [-0.05, 0) is 38.3 Å². The summed E-state index contributed by atoms with van der Waals surface area (Å²) >= 11 is 0. The monoisotopic (exact) mass is 278 g/mol. The molecule has 1 aromatic heterocycles. The lowest BCUT2D eigenvalue weighted by Gasteiger charge is -2.45. The van der Waals surface area contributed by atoms with Crippen molar-refractivity contribution in [3.05, 3.63) is 18.2 Å². The third-order valence-electron chi connectivity index (χ3n) is 4.70. The van der Waals surface area contributed by atoms with Gasteiger partial charge in [0.2, 0.25) is 0 Å². The fourth-order valence-electron chi connectivity index (χ4n) is 3.40. The Hall–Kier alpha value is -0.870. The zero-order valence-electron chi connectivity index (χ0n) is 13.7. The first-order valence-electron chi connectivity index (χ1n) is 7.83. The highest BCUT2D eigenvalue weighted by molar-refractivity contribution is 4.97. The first kappa shape index (κ1) is 15.5. The Kier molecular flexibility index (Phi) is 4.86. The Morgan fingerprint density at radius 2 is 2.25 bits per heavy atom. The maximum atomic E-state index is 4.46. The minimum Gasteiger partial charge on any atom is -0.337 e. The SMILES string of the molecule is CCNC1CCC(C)(C)CC1N(C)Cc1nccn1C. The number of aryl methyl sites for hydroxylation is 1. The summed E-state index contributed by atoms with van der Waals surface area (Å²) in [7, 11) is 4.31. The second-order valence-corrected chi connectivity index (χ2v) is 7.01. The summed E-state index contributed by atoms with van der Waals surface area (Å²) in [5.74, 6) is 1.14. The number of likely N-dealkylation sites (N-methyl/N-ethyl adjacent to an activating group) is 2. The van der Waals surface area contributed by atoms with Crippen LogP contribution in [0.1, 0.15) is 45.9 Å². The van der Waals surface area contributed by atoms with Gasteiger partial charge in [0, 0.05) is 31.5 Å². The molecule has 0 aromatic carbocycles. The van der Waals surface area contributed by atoms with Gasteiger partial charge in [-0.25, -0.2) is 4.98 Å². The molecule has 0 radical (unpaired) electrons. The predicted molar refractivity (Wildman–Crippen MR) is 83.6 cm³/mol. The lowest BCUT2D eigenvalue weighted by molar-refractivity contribution is 0.0761. The summed E-state index contributed by atoms with van der Waals surface area (Å²) in [5.41, 5.74) is 0.451. The van der Waals surface area contributed by atoms with Gasteiger partial charge in [0.15, 0.2) is 0 Å². The van der Waals surface area contributed by atoms with Gasteiger partial charge in [-0.3, -0.25) is 4.90 Å². The van der Waals surface area contributed by atoms with Crippen LogP contribution in [0.15, 0.2) is 12.4 Å². The minimum atomic E-state index is 0.451. The lowest BCUT2D eigenvalue weighted by Crippen LogP contribution is -2.53. The molecule has 1 fully saturated rings. The third kappa shape index (κ3) is 3.61. The summed E-state index contributed by atoms with van der Waals surface area (Å²) < 4.78 is 2.12. The van der Waals surface area contributed by atoms with Crippen LogP contribution in [-0.4, -0.2) is 40.1 Å². The molecule has 0 aliphatic heterocycles. The topological polar surface area (TPSA) is 33.1 Å². The second-order valence-electron chi connectivity index (χ2n) is 7.01. The highest BCUT2D eigenvalue weighted by Crippen LogP contribution is 2.37. The van der Waals surface area contributed by atoms with E-state index < -0.39 is 0 Å². The molecular weight excluding hydrogens is 248 g/mol. The number of nitrogens with zero attached hydrogens (tertiary/aromatic N) is 3. The third-order valence-corrected chi connectivity index (χ3v) is 4.70. The van der Waals surface area contributed by atoms with Gasteiger partial charge < -0.3 is 9.88 Å².